The summed E-state index contributed by atoms with van der Waals surface area (Å²) < 4.78 is 1.02. The molecule has 0 aliphatic carbocycles. The van der Waals surface area contributed by atoms with Crippen molar-refractivity contribution in [2.75, 3.05) is 6.54 Å². The fraction of sp³-hybridized carbons (Fsp3) is 0.455. The zero-order valence-electron chi connectivity index (χ0n) is 8.67. The van der Waals surface area contributed by atoms with E-state index in [2.05, 4.69) is 28.9 Å². The lowest BCUT2D eigenvalue weighted by Crippen LogP contribution is -2.07. The van der Waals surface area contributed by atoms with Crippen LogP contribution in [0, 0.1) is 0 Å². The molecule has 0 spiro atoms. The maximum absolute atomic E-state index is 6.12. The minimum absolute atomic E-state index is 0.592. The van der Waals surface area contributed by atoms with Crippen LogP contribution in [0.1, 0.15) is 18.9 Å². The van der Waals surface area contributed by atoms with Crippen molar-refractivity contribution in [3.63, 3.8) is 0 Å². The molecule has 4 heteroatoms. The lowest BCUT2D eigenvalue weighted by molar-refractivity contribution is 0.823. The smallest absolute Gasteiger partial charge is 0.0457 e. The minimum Gasteiger partial charge on any atom is -0.330 e. The van der Waals surface area contributed by atoms with Crippen molar-refractivity contribution in [3.8, 4) is 0 Å². The first-order valence-corrected chi connectivity index (χ1v) is 7.11. The van der Waals surface area contributed by atoms with E-state index in [4.69, 9.17) is 17.3 Å². The molecule has 0 radical (unpaired) electrons. The van der Waals surface area contributed by atoms with Gasteiger partial charge in [0.2, 0.25) is 0 Å². The van der Waals surface area contributed by atoms with E-state index in [1.807, 2.05) is 23.9 Å². The molecule has 1 unspecified atom stereocenters. The first kappa shape index (κ1) is 13.4. The van der Waals surface area contributed by atoms with Crippen LogP contribution in [0.25, 0.3) is 0 Å². The maximum Gasteiger partial charge on any atom is 0.0457 e. The largest absolute Gasteiger partial charge is 0.330 e. The van der Waals surface area contributed by atoms with Gasteiger partial charge in [-0.15, -0.1) is 0 Å². The molecular formula is C11H15BrClNS. The zero-order valence-corrected chi connectivity index (χ0v) is 11.8. The van der Waals surface area contributed by atoms with E-state index in [1.165, 1.54) is 5.56 Å². The van der Waals surface area contributed by atoms with Crippen LogP contribution in [0.2, 0.25) is 5.02 Å². The second kappa shape index (κ2) is 6.79. The van der Waals surface area contributed by atoms with Crippen LogP contribution in [0.3, 0.4) is 0 Å². The fourth-order valence-corrected chi connectivity index (χ4v) is 3.03. The van der Waals surface area contributed by atoms with E-state index < -0.39 is 0 Å². The third kappa shape index (κ3) is 4.77. The van der Waals surface area contributed by atoms with Crippen LogP contribution in [0.15, 0.2) is 22.7 Å². The molecule has 0 aliphatic heterocycles. The number of thioether (sulfide) groups is 1. The summed E-state index contributed by atoms with van der Waals surface area (Å²) in [5.74, 6) is 0.952. The van der Waals surface area contributed by atoms with Crippen LogP contribution >= 0.6 is 39.3 Å². The summed E-state index contributed by atoms with van der Waals surface area (Å²) in [6.07, 6.45) is 1.05. The molecule has 0 saturated heterocycles. The number of nitrogens with two attached hydrogens (primary N) is 1. The van der Waals surface area contributed by atoms with Gasteiger partial charge in [0.15, 0.2) is 0 Å². The van der Waals surface area contributed by atoms with Gasteiger partial charge in [0, 0.05) is 20.5 Å². The van der Waals surface area contributed by atoms with Gasteiger partial charge in [-0.3, -0.25) is 0 Å². The lowest BCUT2D eigenvalue weighted by Gasteiger charge is -2.10. The molecule has 15 heavy (non-hydrogen) atoms. The van der Waals surface area contributed by atoms with E-state index in [-0.39, 0.29) is 0 Å². The van der Waals surface area contributed by atoms with Crippen molar-refractivity contribution in [1.29, 1.82) is 0 Å². The van der Waals surface area contributed by atoms with E-state index in [1.54, 1.807) is 0 Å². The maximum atomic E-state index is 6.12. The Morgan fingerprint density at radius 3 is 2.87 bits per heavy atom. The first-order chi connectivity index (χ1) is 7.13. The summed E-state index contributed by atoms with van der Waals surface area (Å²) in [6, 6.07) is 6.02. The minimum atomic E-state index is 0.592. The highest BCUT2D eigenvalue weighted by Gasteiger charge is 2.05. The van der Waals surface area contributed by atoms with E-state index in [9.17, 15) is 0 Å². The van der Waals surface area contributed by atoms with Gasteiger partial charge < -0.3 is 5.73 Å². The Hall–Kier alpha value is 0.300. The van der Waals surface area contributed by atoms with Gasteiger partial charge in [0.25, 0.3) is 0 Å². The number of hydrogen-bond acceptors (Lipinski definition) is 2. The molecule has 0 aliphatic rings. The van der Waals surface area contributed by atoms with Crippen LogP contribution in [0.5, 0.6) is 0 Å². The highest BCUT2D eigenvalue weighted by molar-refractivity contribution is 9.10. The second-order valence-electron chi connectivity index (χ2n) is 3.43. The fourth-order valence-electron chi connectivity index (χ4n) is 1.19. The average Bonchev–Trinajstić information content (AvgIpc) is 2.17. The van der Waals surface area contributed by atoms with Crippen molar-refractivity contribution < 1.29 is 0 Å². The SMILES string of the molecule is CC(CCN)SCc1ccc(Br)cc1Cl. The number of hydrogen-bond donors (Lipinski definition) is 1. The molecular weight excluding hydrogens is 294 g/mol. The van der Waals surface area contributed by atoms with Gasteiger partial charge in [-0.25, -0.2) is 0 Å². The summed E-state index contributed by atoms with van der Waals surface area (Å²) in [5, 5.41) is 1.42. The quantitative estimate of drug-likeness (QED) is 0.887. The Kier molecular flexibility index (Phi) is 6.05. The number of benzene rings is 1. The number of halogens is 2. The van der Waals surface area contributed by atoms with Crippen molar-refractivity contribution in [3.05, 3.63) is 33.3 Å². The molecule has 1 atom stereocenters. The molecule has 84 valence electrons. The average molecular weight is 309 g/mol. The second-order valence-corrected chi connectivity index (χ2v) is 6.18. The van der Waals surface area contributed by atoms with Crippen molar-refractivity contribution in [1.82, 2.24) is 0 Å². The molecule has 0 bridgehead atoms. The van der Waals surface area contributed by atoms with Gasteiger partial charge in [0.1, 0.15) is 0 Å². The van der Waals surface area contributed by atoms with Gasteiger partial charge >= 0.3 is 0 Å². The Morgan fingerprint density at radius 1 is 1.53 bits per heavy atom. The van der Waals surface area contributed by atoms with Crippen LogP contribution in [-0.2, 0) is 5.75 Å². The first-order valence-electron chi connectivity index (χ1n) is 4.89. The molecule has 0 fully saturated rings. The molecule has 2 N–H and O–H groups in total. The molecule has 1 nitrogen and oxygen atoms in total. The Labute approximate surface area is 109 Å². The molecule has 0 aromatic heterocycles. The lowest BCUT2D eigenvalue weighted by atomic mass is 10.2. The molecule has 0 heterocycles. The topological polar surface area (TPSA) is 26.0 Å². The summed E-state index contributed by atoms with van der Waals surface area (Å²) in [5.41, 5.74) is 6.69. The van der Waals surface area contributed by atoms with Crippen molar-refractivity contribution in [2.24, 2.45) is 5.73 Å². The molecule has 0 amide bonds. The Balaban J connectivity index is 2.50. The third-order valence-electron chi connectivity index (χ3n) is 2.11. The molecule has 1 aromatic carbocycles. The molecule has 1 rings (SSSR count). The van der Waals surface area contributed by atoms with Gasteiger partial charge in [-0.05, 0) is 30.7 Å². The van der Waals surface area contributed by atoms with Gasteiger partial charge in [0.05, 0.1) is 0 Å². The highest BCUT2D eigenvalue weighted by Crippen LogP contribution is 2.27. The van der Waals surface area contributed by atoms with Crippen LogP contribution < -0.4 is 5.73 Å². The zero-order chi connectivity index (χ0) is 11.3. The number of rotatable bonds is 5. The van der Waals surface area contributed by atoms with E-state index in [0.717, 1.165) is 28.2 Å². The van der Waals surface area contributed by atoms with Crippen molar-refractivity contribution >= 4 is 39.3 Å². The molecule has 0 saturated carbocycles. The van der Waals surface area contributed by atoms with E-state index in [0.29, 0.717) is 5.25 Å². The normalized spacial score (nSPS) is 12.8. The van der Waals surface area contributed by atoms with Gasteiger partial charge in [-0.2, -0.15) is 11.8 Å². The predicted octanol–water partition coefficient (Wildman–Crippen LogP) is 4.07. The monoisotopic (exact) mass is 307 g/mol. The summed E-state index contributed by atoms with van der Waals surface area (Å²) in [6.45, 7) is 2.95. The predicted molar refractivity (Wildman–Crippen MR) is 73.6 cm³/mol. The third-order valence-corrected chi connectivity index (χ3v) is 4.24. The van der Waals surface area contributed by atoms with Crippen LogP contribution in [0.4, 0.5) is 0 Å². The highest BCUT2D eigenvalue weighted by atomic mass is 79.9. The molecule has 1 aromatic rings. The summed E-state index contributed by atoms with van der Waals surface area (Å²) in [4.78, 5) is 0. The Morgan fingerprint density at radius 2 is 2.27 bits per heavy atom. The van der Waals surface area contributed by atoms with Crippen molar-refractivity contribution in [2.45, 2.75) is 24.3 Å². The summed E-state index contributed by atoms with van der Waals surface area (Å²) in [7, 11) is 0. The van der Waals surface area contributed by atoms with E-state index >= 15 is 0 Å². The van der Waals surface area contributed by atoms with Gasteiger partial charge in [-0.1, -0.05) is 40.5 Å². The van der Waals surface area contributed by atoms with Crippen LogP contribution in [-0.4, -0.2) is 11.8 Å². The summed E-state index contributed by atoms with van der Waals surface area (Å²) >= 11 is 11.4. The standard InChI is InChI=1S/C11H15BrClNS/c1-8(4-5-14)15-7-9-2-3-10(12)6-11(9)13/h2-3,6,8H,4-5,7,14H2,1H3. The Bertz CT molecular complexity index is 319.